The SMILES string of the molecule is CCCNC(=S)N(Cc1ccc(Cl)cc1)Cc1cc2cc(C)c(C)cc2[nH]c1=O. The Balaban J connectivity index is 1.92. The van der Waals surface area contributed by atoms with Crippen LogP contribution in [-0.4, -0.2) is 21.5 Å². The number of thiocarbonyl (C=S) groups is 1. The summed E-state index contributed by atoms with van der Waals surface area (Å²) in [5, 5.41) is 5.64. The third-order valence-corrected chi connectivity index (χ3v) is 5.65. The van der Waals surface area contributed by atoms with E-state index in [4.69, 9.17) is 23.8 Å². The fourth-order valence-electron chi connectivity index (χ4n) is 3.20. The van der Waals surface area contributed by atoms with Gasteiger partial charge in [0.2, 0.25) is 0 Å². The van der Waals surface area contributed by atoms with Crippen LogP contribution in [0.5, 0.6) is 0 Å². The van der Waals surface area contributed by atoms with E-state index in [0.29, 0.717) is 28.8 Å². The molecule has 0 aliphatic carbocycles. The second-order valence-corrected chi connectivity index (χ2v) is 8.19. The van der Waals surface area contributed by atoms with Crippen LogP contribution in [0, 0.1) is 13.8 Å². The molecule has 1 heterocycles. The maximum Gasteiger partial charge on any atom is 0.253 e. The molecule has 152 valence electrons. The van der Waals surface area contributed by atoms with Gasteiger partial charge in [-0.1, -0.05) is 30.7 Å². The summed E-state index contributed by atoms with van der Waals surface area (Å²) in [5.74, 6) is 0. The van der Waals surface area contributed by atoms with Crippen LogP contribution in [0.25, 0.3) is 10.9 Å². The summed E-state index contributed by atoms with van der Waals surface area (Å²) in [6.07, 6.45) is 0.976. The summed E-state index contributed by atoms with van der Waals surface area (Å²) >= 11 is 11.6. The monoisotopic (exact) mass is 427 g/mol. The molecule has 0 aliphatic heterocycles. The largest absolute Gasteiger partial charge is 0.363 e. The van der Waals surface area contributed by atoms with Crippen molar-refractivity contribution < 1.29 is 0 Å². The van der Waals surface area contributed by atoms with E-state index >= 15 is 0 Å². The van der Waals surface area contributed by atoms with Crippen molar-refractivity contribution in [3.05, 3.63) is 80.1 Å². The Kier molecular flexibility index (Phi) is 6.93. The van der Waals surface area contributed by atoms with Gasteiger partial charge in [0.1, 0.15) is 0 Å². The molecular formula is C23H26ClN3OS. The van der Waals surface area contributed by atoms with E-state index in [1.54, 1.807) is 0 Å². The predicted octanol–water partition coefficient (Wildman–Crippen LogP) is 5.09. The number of hydrogen-bond acceptors (Lipinski definition) is 2. The van der Waals surface area contributed by atoms with E-state index in [2.05, 4.69) is 30.2 Å². The number of nitrogens with one attached hydrogen (secondary N) is 2. The van der Waals surface area contributed by atoms with Gasteiger partial charge >= 0.3 is 0 Å². The Morgan fingerprint density at radius 3 is 2.48 bits per heavy atom. The summed E-state index contributed by atoms with van der Waals surface area (Å²) in [5.41, 5.74) is 4.91. The van der Waals surface area contributed by atoms with Gasteiger partial charge in [0, 0.05) is 29.2 Å². The summed E-state index contributed by atoms with van der Waals surface area (Å²) in [4.78, 5) is 17.8. The predicted molar refractivity (Wildman–Crippen MR) is 126 cm³/mol. The number of benzene rings is 2. The molecule has 3 aromatic rings. The molecule has 3 rings (SSSR count). The normalized spacial score (nSPS) is 10.9. The van der Waals surface area contributed by atoms with Crippen molar-refractivity contribution in [2.24, 2.45) is 0 Å². The molecule has 2 aromatic carbocycles. The molecule has 1 aromatic heterocycles. The lowest BCUT2D eigenvalue weighted by Crippen LogP contribution is -2.40. The molecule has 29 heavy (non-hydrogen) atoms. The van der Waals surface area contributed by atoms with Crippen molar-refractivity contribution in [1.29, 1.82) is 0 Å². The van der Waals surface area contributed by atoms with Gasteiger partial charge in [-0.05, 0) is 84.9 Å². The molecule has 0 unspecified atom stereocenters. The highest BCUT2D eigenvalue weighted by Gasteiger charge is 2.14. The minimum atomic E-state index is -0.0832. The molecule has 0 fully saturated rings. The Morgan fingerprint density at radius 1 is 1.10 bits per heavy atom. The first kappa shape index (κ1) is 21.3. The third kappa shape index (κ3) is 5.37. The Morgan fingerprint density at radius 2 is 1.79 bits per heavy atom. The van der Waals surface area contributed by atoms with Crippen LogP contribution in [0.4, 0.5) is 0 Å². The van der Waals surface area contributed by atoms with E-state index in [1.807, 2.05) is 48.2 Å². The van der Waals surface area contributed by atoms with Gasteiger partial charge in [-0.25, -0.2) is 0 Å². The van der Waals surface area contributed by atoms with Crippen LogP contribution < -0.4 is 10.9 Å². The number of pyridine rings is 1. The number of fused-ring (bicyclic) bond motifs is 1. The van der Waals surface area contributed by atoms with Crippen LogP contribution in [0.15, 0.2) is 47.3 Å². The molecule has 4 nitrogen and oxygen atoms in total. The lowest BCUT2D eigenvalue weighted by molar-refractivity contribution is 0.397. The molecule has 0 bridgehead atoms. The van der Waals surface area contributed by atoms with Crippen LogP contribution in [0.3, 0.4) is 0 Å². The van der Waals surface area contributed by atoms with E-state index in [-0.39, 0.29) is 5.56 Å². The number of aromatic amines is 1. The number of nitrogens with zero attached hydrogens (tertiary/aromatic N) is 1. The average molecular weight is 428 g/mol. The minimum absolute atomic E-state index is 0.0832. The van der Waals surface area contributed by atoms with Crippen LogP contribution in [0.1, 0.15) is 35.6 Å². The van der Waals surface area contributed by atoms with Gasteiger partial charge in [-0.2, -0.15) is 0 Å². The van der Waals surface area contributed by atoms with Crippen LogP contribution in [0.2, 0.25) is 5.02 Å². The highest BCUT2D eigenvalue weighted by Crippen LogP contribution is 2.19. The van der Waals surface area contributed by atoms with Gasteiger partial charge in [0.25, 0.3) is 5.56 Å². The lowest BCUT2D eigenvalue weighted by Gasteiger charge is -2.26. The first-order valence-electron chi connectivity index (χ1n) is 9.77. The fourth-order valence-corrected chi connectivity index (χ4v) is 3.56. The average Bonchev–Trinajstić information content (AvgIpc) is 2.69. The number of rotatable bonds is 6. The van der Waals surface area contributed by atoms with Gasteiger partial charge in [0.05, 0.1) is 6.54 Å². The zero-order valence-corrected chi connectivity index (χ0v) is 18.6. The zero-order valence-electron chi connectivity index (χ0n) is 17.0. The Hall–Kier alpha value is -2.37. The highest BCUT2D eigenvalue weighted by molar-refractivity contribution is 7.80. The molecular weight excluding hydrogens is 402 g/mol. The maximum atomic E-state index is 12.7. The van der Waals surface area contributed by atoms with Gasteiger partial charge < -0.3 is 15.2 Å². The highest BCUT2D eigenvalue weighted by atomic mass is 35.5. The molecule has 0 aliphatic rings. The molecule has 6 heteroatoms. The molecule has 0 atom stereocenters. The van der Waals surface area contributed by atoms with E-state index < -0.39 is 0 Å². The first-order valence-corrected chi connectivity index (χ1v) is 10.6. The molecule has 0 radical (unpaired) electrons. The molecule has 0 spiro atoms. The first-order chi connectivity index (χ1) is 13.9. The number of H-pyrrole nitrogens is 1. The quantitative estimate of drug-likeness (QED) is 0.538. The molecule has 0 amide bonds. The van der Waals surface area contributed by atoms with Crippen molar-refractivity contribution in [2.45, 2.75) is 40.3 Å². The van der Waals surface area contributed by atoms with Crippen LogP contribution >= 0.6 is 23.8 Å². The standard InChI is InChI=1S/C23H26ClN3OS/c1-4-9-25-23(29)27(13-17-5-7-20(24)8-6-17)14-19-12-18-10-15(2)16(3)11-21(18)26-22(19)28/h5-8,10-12H,4,9,13-14H2,1-3H3,(H,25,29)(H,26,28). The topological polar surface area (TPSA) is 48.1 Å². The van der Waals surface area contributed by atoms with Crippen molar-refractivity contribution in [3.63, 3.8) is 0 Å². The number of halogens is 1. The van der Waals surface area contributed by atoms with Crippen molar-refractivity contribution in [2.75, 3.05) is 6.54 Å². The van der Waals surface area contributed by atoms with Crippen molar-refractivity contribution >= 4 is 39.8 Å². The summed E-state index contributed by atoms with van der Waals surface area (Å²) in [7, 11) is 0. The van der Waals surface area contributed by atoms with E-state index in [9.17, 15) is 4.79 Å². The van der Waals surface area contributed by atoms with Crippen molar-refractivity contribution in [3.8, 4) is 0 Å². The number of hydrogen-bond donors (Lipinski definition) is 2. The summed E-state index contributed by atoms with van der Waals surface area (Å²) in [6, 6.07) is 13.8. The lowest BCUT2D eigenvalue weighted by atomic mass is 10.0. The van der Waals surface area contributed by atoms with Gasteiger partial charge in [0.15, 0.2) is 5.11 Å². The van der Waals surface area contributed by atoms with Crippen LogP contribution in [-0.2, 0) is 13.1 Å². The maximum absolute atomic E-state index is 12.7. The second kappa shape index (κ2) is 9.42. The summed E-state index contributed by atoms with van der Waals surface area (Å²) < 4.78 is 0. The smallest absolute Gasteiger partial charge is 0.253 e. The second-order valence-electron chi connectivity index (χ2n) is 7.36. The number of aryl methyl sites for hydroxylation is 2. The van der Waals surface area contributed by atoms with E-state index in [1.165, 1.54) is 5.56 Å². The number of aromatic nitrogens is 1. The van der Waals surface area contributed by atoms with E-state index in [0.717, 1.165) is 35.0 Å². The van der Waals surface area contributed by atoms with Gasteiger partial charge in [-0.15, -0.1) is 0 Å². The third-order valence-electron chi connectivity index (χ3n) is 5.00. The molecule has 0 saturated heterocycles. The zero-order chi connectivity index (χ0) is 21.0. The minimum Gasteiger partial charge on any atom is -0.363 e. The summed E-state index contributed by atoms with van der Waals surface area (Å²) in [6.45, 7) is 8.04. The van der Waals surface area contributed by atoms with Gasteiger partial charge in [-0.3, -0.25) is 4.79 Å². The Labute approximate surface area is 181 Å². The Bertz CT molecular complexity index is 1080. The molecule has 0 saturated carbocycles. The van der Waals surface area contributed by atoms with Crippen molar-refractivity contribution in [1.82, 2.24) is 15.2 Å². The fraction of sp³-hybridized carbons (Fsp3) is 0.304. The molecule has 2 N–H and O–H groups in total.